The van der Waals surface area contributed by atoms with Gasteiger partial charge in [-0.05, 0) is 51.7 Å². The standard InChI is InChI=1S/C16H33N3O/c1-14(12-19-7-4-3-5-8-19)11-18-15(2)10-16-13-20-9-6-17-16/h14-18H,3-13H2,1-2H3. The van der Waals surface area contributed by atoms with Crippen molar-refractivity contribution in [1.29, 1.82) is 0 Å². The van der Waals surface area contributed by atoms with Gasteiger partial charge in [0.2, 0.25) is 0 Å². The topological polar surface area (TPSA) is 36.5 Å². The highest BCUT2D eigenvalue weighted by atomic mass is 16.5. The van der Waals surface area contributed by atoms with E-state index in [0.29, 0.717) is 12.1 Å². The summed E-state index contributed by atoms with van der Waals surface area (Å²) >= 11 is 0. The molecule has 0 saturated carbocycles. The maximum Gasteiger partial charge on any atom is 0.0620 e. The van der Waals surface area contributed by atoms with Crippen molar-refractivity contribution < 1.29 is 4.74 Å². The molecular formula is C16H33N3O. The molecule has 0 aromatic heterocycles. The second-order valence-corrected chi connectivity index (χ2v) is 6.74. The number of hydrogen-bond acceptors (Lipinski definition) is 4. The van der Waals surface area contributed by atoms with Crippen molar-refractivity contribution in [2.24, 2.45) is 5.92 Å². The van der Waals surface area contributed by atoms with Crippen LogP contribution in [-0.2, 0) is 4.74 Å². The van der Waals surface area contributed by atoms with Crippen molar-refractivity contribution in [3.05, 3.63) is 0 Å². The molecule has 2 saturated heterocycles. The Balaban J connectivity index is 1.55. The van der Waals surface area contributed by atoms with E-state index in [1.54, 1.807) is 0 Å². The molecule has 2 rings (SSSR count). The number of ether oxygens (including phenoxy) is 1. The van der Waals surface area contributed by atoms with Gasteiger partial charge in [-0.25, -0.2) is 0 Å². The Bertz CT molecular complexity index is 224. The van der Waals surface area contributed by atoms with E-state index in [4.69, 9.17) is 4.74 Å². The molecule has 0 bridgehead atoms. The third-order valence-corrected chi connectivity index (χ3v) is 4.47. The molecule has 2 N–H and O–H groups in total. The summed E-state index contributed by atoms with van der Waals surface area (Å²) in [5.41, 5.74) is 0. The Hall–Kier alpha value is -0.160. The lowest BCUT2D eigenvalue weighted by molar-refractivity contribution is 0.0710. The van der Waals surface area contributed by atoms with Gasteiger partial charge < -0.3 is 20.3 Å². The zero-order chi connectivity index (χ0) is 14.2. The van der Waals surface area contributed by atoms with E-state index in [1.807, 2.05) is 0 Å². The van der Waals surface area contributed by atoms with Crippen LogP contribution in [0.5, 0.6) is 0 Å². The number of morpholine rings is 1. The largest absolute Gasteiger partial charge is 0.379 e. The van der Waals surface area contributed by atoms with Crippen LogP contribution in [0.3, 0.4) is 0 Å². The highest BCUT2D eigenvalue weighted by Gasteiger charge is 2.17. The molecule has 0 aromatic carbocycles. The van der Waals surface area contributed by atoms with Crippen molar-refractivity contribution in [2.75, 3.05) is 45.9 Å². The molecule has 2 aliphatic heterocycles. The Morgan fingerprint density at radius 1 is 1.25 bits per heavy atom. The maximum atomic E-state index is 5.51. The molecule has 2 aliphatic rings. The molecule has 0 aliphatic carbocycles. The number of rotatable bonds is 7. The summed E-state index contributed by atoms with van der Waals surface area (Å²) in [5, 5.41) is 7.23. The predicted molar refractivity (Wildman–Crippen MR) is 84.1 cm³/mol. The smallest absolute Gasteiger partial charge is 0.0620 e. The molecule has 0 spiro atoms. The minimum absolute atomic E-state index is 0.531. The van der Waals surface area contributed by atoms with Crippen molar-refractivity contribution in [3.8, 4) is 0 Å². The lowest BCUT2D eigenvalue weighted by Crippen LogP contribution is -2.46. The van der Waals surface area contributed by atoms with E-state index in [0.717, 1.165) is 38.6 Å². The lowest BCUT2D eigenvalue weighted by Gasteiger charge is -2.30. The first-order valence-corrected chi connectivity index (χ1v) is 8.51. The van der Waals surface area contributed by atoms with Crippen LogP contribution >= 0.6 is 0 Å². The summed E-state index contributed by atoms with van der Waals surface area (Å²) < 4.78 is 5.51. The average molecular weight is 283 g/mol. The quantitative estimate of drug-likeness (QED) is 0.742. The van der Waals surface area contributed by atoms with Gasteiger partial charge >= 0.3 is 0 Å². The fourth-order valence-corrected chi connectivity index (χ4v) is 3.33. The van der Waals surface area contributed by atoms with Gasteiger partial charge in [0.25, 0.3) is 0 Å². The second-order valence-electron chi connectivity index (χ2n) is 6.74. The molecule has 20 heavy (non-hydrogen) atoms. The Labute approximate surface area is 124 Å². The van der Waals surface area contributed by atoms with Crippen LogP contribution in [0.25, 0.3) is 0 Å². The summed E-state index contributed by atoms with van der Waals surface area (Å²) in [4.78, 5) is 2.64. The van der Waals surface area contributed by atoms with E-state index >= 15 is 0 Å². The summed E-state index contributed by atoms with van der Waals surface area (Å²) in [6.45, 7) is 12.4. The Morgan fingerprint density at radius 2 is 2.05 bits per heavy atom. The Morgan fingerprint density at radius 3 is 2.75 bits per heavy atom. The van der Waals surface area contributed by atoms with E-state index < -0.39 is 0 Å². The first-order valence-electron chi connectivity index (χ1n) is 8.51. The van der Waals surface area contributed by atoms with Gasteiger partial charge in [0.1, 0.15) is 0 Å². The molecular weight excluding hydrogens is 250 g/mol. The second kappa shape index (κ2) is 8.98. The van der Waals surface area contributed by atoms with Crippen LogP contribution in [0, 0.1) is 5.92 Å². The number of hydrogen-bond donors (Lipinski definition) is 2. The average Bonchev–Trinajstić information content (AvgIpc) is 2.47. The first-order chi connectivity index (χ1) is 9.74. The van der Waals surface area contributed by atoms with Gasteiger partial charge in [0.15, 0.2) is 0 Å². The van der Waals surface area contributed by atoms with E-state index in [1.165, 1.54) is 38.9 Å². The fourth-order valence-electron chi connectivity index (χ4n) is 3.33. The third-order valence-electron chi connectivity index (χ3n) is 4.47. The number of nitrogens with zero attached hydrogens (tertiary/aromatic N) is 1. The highest BCUT2D eigenvalue weighted by molar-refractivity contribution is 4.77. The molecule has 2 heterocycles. The minimum Gasteiger partial charge on any atom is -0.379 e. The molecule has 0 aromatic rings. The van der Waals surface area contributed by atoms with Crippen molar-refractivity contribution >= 4 is 0 Å². The number of nitrogens with one attached hydrogen (secondary N) is 2. The van der Waals surface area contributed by atoms with Crippen LogP contribution in [0.4, 0.5) is 0 Å². The number of piperidine rings is 1. The molecule has 3 unspecified atom stereocenters. The van der Waals surface area contributed by atoms with Gasteiger partial charge in [-0.1, -0.05) is 13.3 Å². The van der Waals surface area contributed by atoms with Crippen molar-refractivity contribution in [3.63, 3.8) is 0 Å². The molecule has 0 amide bonds. The fraction of sp³-hybridized carbons (Fsp3) is 1.00. The van der Waals surface area contributed by atoms with Gasteiger partial charge in [0.05, 0.1) is 13.2 Å². The number of likely N-dealkylation sites (tertiary alicyclic amines) is 1. The molecule has 118 valence electrons. The van der Waals surface area contributed by atoms with Crippen LogP contribution in [0.2, 0.25) is 0 Å². The maximum absolute atomic E-state index is 5.51. The van der Waals surface area contributed by atoms with Crippen molar-refractivity contribution in [1.82, 2.24) is 15.5 Å². The predicted octanol–water partition coefficient (Wildman–Crippen LogP) is 1.47. The van der Waals surface area contributed by atoms with E-state index in [2.05, 4.69) is 29.4 Å². The zero-order valence-corrected chi connectivity index (χ0v) is 13.4. The van der Waals surface area contributed by atoms with Crippen LogP contribution < -0.4 is 10.6 Å². The molecule has 2 fully saturated rings. The summed E-state index contributed by atoms with van der Waals surface area (Å²) in [6, 6.07) is 1.10. The van der Waals surface area contributed by atoms with Gasteiger partial charge in [-0.3, -0.25) is 0 Å². The summed E-state index contributed by atoms with van der Waals surface area (Å²) in [6.07, 6.45) is 5.38. The van der Waals surface area contributed by atoms with E-state index in [9.17, 15) is 0 Å². The van der Waals surface area contributed by atoms with Crippen LogP contribution in [0.1, 0.15) is 39.5 Å². The van der Waals surface area contributed by atoms with Crippen molar-refractivity contribution in [2.45, 2.75) is 51.6 Å². The molecule has 4 heteroatoms. The Kier molecular flexibility index (Phi) is 7.28. The van der Waals surface area contributed by atoms with Crippen LogP contribution in [0.15, 0.2) is 0 Å². The molecule has 0 radical (unpaired) electrons. The molecule has 3 atom stereocenters. The van der Waals surface area contributed by atoms with Crippen LogP contribution in [-0.4, -0.2) is 62.9 Å². The zero-order valence-electron chi connectivity index (χ0n) is 13.4. The SMILES string of the molecule is CC(CNC(C)CC1COCCN1)CN1CCCCC1. The van der Waals surface area contributed by atoms with Gasteiger partial charge in [0, 0.05) is 25.2 Å². The normalized spacial score (nSPS) is 28.2. The minimum atomic E-state index is 0.531. The highest BCUT2D eigenvalue weighted by Crippen LogP contribution is 2.11. The monoisotopic (exact) mass is 283 g/mol. The third kappa shape index (κ3) is 6.08. The van der Waals surface area contributed by atoms with Gasteiger partial charge in [-0.2, -0.15) is 0 Å². The summed E-state index contributed by atoms with van der Waals surface area (Å²) in [7, 11) is 0. The summed E-state index contributed by atoms with van der Waals surface area (Å²) in [5.74, 6) is 0.742. The van der Waals surface area contributed by atoms with E-state index in [-0.39, 0.29) is 0 Å². The van der Waals surface area contributed by atoms with Gasteiger partial charge in [-0.15, -0.1) is 0 Å². The molecule has 4 nitrogen and oxygen atoms in total. The first kappa shape index (κ1) is 16.2. The lowest BCUT2D eigenvalue weighted by atomic mass is 10.1.